The Balaban J connectivity index is 2.04. The molecule has 1 aliphatic rings. The summed E-state index contributed by atoms with van der Waals surface area (Å²) < 4.78 is 5.51. The molecule has 0 radical (unpaired) electrons. The van der Waals surface area contributed by atoms with Crippen LogP contribution in [-0.2, 0) is 4.74 Å². The Hall–Kier alpha value is -0.730. The van der Waals surface area contributed by atoms with Crippen LogP contribution in [0.4, 0.5) is 5.69 Å². The van der Waals surface area contributed by atoms with Gasteiger partial charge in [0.25, 0.3) is 0 Å². The van der Waals surface area contributed by atoms with E-state index in [0.717, 1.165) is 19.7 Å². The third kappa shape index (κ3) is 2.20. The third-order valence-electron chi connectivity index (χ3n) is 2.43. The number of hydrogen-bond acceptors (Lipinski definition) is 2. The van der Waals surface area contributed by atoms with Crippen LogP contribution in [0.25, 0.3) is 0 Å². The lowest BCUT2D eigenvalue weighted by atomic mass is 10.2. The maximum absolute atomic E-state index is 5.78. The summed E-state index contributed by atoms with van der Waals surface area (Å²) in [4.78, 5) is 2.32. The number of morpholine rings is 1. The first-order chi connectivity index (χ1) is 6.90. The number of nitrogens with zero attached hydrogens (tertiary/aromatic N) is 1. The van der Waals surface area contributed by atoms with Gasteiger partial charge in [-0.1, -0.05) is 18.2 Å². The van der Waals surface area contributed by atoms with E-state index in [-0.39, 0.29) is 6.10 Å². The van der Waals surface area contributed by atoms with Gasteiger partial charge < -0.3 is 9.64 Å². The van der Waals surface area contributed by atoms with E-state index in [4.69, 9.17) is 16.3 Å². The Morgan fingerprint density at radius 1 is 1.36 bits per heavy atom. The van der Waals surface area contributed by atoms with Gasteiger partial charge in [-0.2, -0.15) is 0 Å². The largest absolute Gasteiger partial charge is 0.373 e. The highest BCUT2D eigenvalue weighted by Gasteiger charge is 2.19. The van der Waals surface area contributed by atoms with Crippen molar-refractivity contribution in [2.24, 2.45) is 0 Å². The number of alkyl halides is 1. The van der Waals surface area contributed by atoms with Crippen LogP contribution in [0, 0.1) is 0 Å². The van der Waals surface area contributed by atoms with Crippen molar-refractivity contribution in [1.82, 2.24) is 0 Å². The van der Waals surface area contributed by atoms with Gasteiger partial charge in [0.1, 0.15) is 0 Å². The normalized spacial score (nSPS) is 22.4. The van der Waals surface area contributed by atoms with E-state index in [0.29, 0.717) is 5.88 Å². The Bertz CT molecular complexity index is 278. The van der Waals surface area contributed by atoms with Crippen LogP contribution < -0.4 is 4.90 Å². The standard InChI is InChI=1S/C11H14ClNO/c12-8-11-9-13(6-7-14-11)10-4-2-1-3-5-10/h1-5,11H,6-9H2. The predicted octanol–water partition coefficient (Wildman–Crippen LogP) is 2.13. The van der Waals surface area contributed by atoms with Crippen molar-refractivity contribution >= 4 is 17.3 Å². The van der Waals surface area contributed by atoms with Crippen molar-refractivity contribution in [3.8, 4) is 0 Å². The SMILES string of the molecule is ClCC1CN(c2ccccc2)CCO1. The lowest BCUT2D eigenvalue weighted by Crippen LogP contribution is -2.43. The van der Waals surface area contributed by atoms with Gasteiger partial charge in [-0.3, -0.25) is 0 Å². The molecule has 0 aromatic heterocycles. The van der Waals surface area contributed by atoms with Gasteiger partial charge in [-0.05, 0) is 12.1 Å². The summed E-state index contributed by atoms with van der Waals surface area (Å²) in [5, 5.41) is 0. The number of anilines is 1. The molecule has 3 heteroatoms. The van der Waals surface area contributed by atoms with Crippen molar-refractivity contribution in [2.75, 3.05) is 30.5 Å². The molecule has 1 heterocycles. The highest BCUT2D eigenvalue weighted by molar-refractivity contribution is 6.18. The molecule has 1 saturated heterocycles. The zero-order chi connectivity index (χ0) is 9.80. The molecule has 1 aliphatic heterocycles. The molecule has 0 aliphatic carbocycles. The van der Waals surface area contributed by atoms with Crippen LogP contribution in [0.2, 0.25) is 0 Å². The summed E-state index contributed by atoms with van der Waals surface area (Å²) in [6.07, 6.45) is 0.172. The smallest absolute Gasteiger partial charge is 0.0885 e. The van der Waals surface area contributed by atoms with Crippen LogP contribution >= 0.6 is 11.6 Å². The van der Waals surface area contributed by atoms with E-state index >= 15 is 0 Å². The van der Waals surface area contributed by atoms with E-state index in [2.05, 4.69) is 29.2 Å². The number of hydrogen-bond donors (Lipinski definition) is 0. The molecule has 2 rings (SSSR count). The fourth-order valence-electron chi connectivity index (χ4n) is 1.69. The van der Waals surface area contributed by atoms with Gasteiger partial charge in [-0.25, -0.2) is 0 Å². The van der Waals surface area contributed by atoms with Crippen molar-refractivity contribution < 1.29 is 4.74 Å². The highest BCUT2D eigenvalue weighted by atomic mass is 35.5. The summed E-state index contributed by atoms with van der Waals surface area (Å²) in [6, 6.07) is 10.4. The lowest BCUT2D eigenvalue weighted by molar-refractivity contribution is 0.0554. The fraction of sp³-hybridized carbons (Fsp3) is 0.455. The lowest BCUT2D eigenvalue weighted by Gasteiger charge is -2.33. The molecule has 1 fully saturated rings. The van der Waals surface area contributed by atoms with Crippen molar-refractivity contribution in [1.29, 1.82) is 0 Å². The molecule has 14 heavy (non-hydrogen) atoms. The number of benzene rings is 1. The summed E-state index contributed by atoms with van der Waals surface area (Å²) >= 11 is 5.78. The second-order valence-corrected chi connectivity index (χ2v) is 3.74. The molecule has 1 atom stereocenters. The van der Waals surface area contributed by atoms with E-state index in [1.807, 2.05) is 6.07 Å². The quantitative estimate of drug-likeness (QED) is 0.695. The van der Waals surface area contributed by atoms with Crippen LogP contribution in [-0.4, -0.2) is 31.7 Å². The molecule has 76 valence electrons. The molecule has 0 amide bonds. The predicted molar refractivity (Wildman–Crippen MR) is 59.1 cm³/mol. The monoisotopic (exact) mass is 211 g/mol. The van der Waals surface area contributed by atoms with Crippen molar-refractivity contribution in [3.63, 3.8) is 0 Å². The molecule has 1 aromatic carbocycles. The first-order valence-electron chi connectivity index (χ1n) is 4.87. The molecule has 2 nitrogen and oxygen atoms in total. The Morgan fingerprint density at radius 2 is 2.14 bits per heavy atom. The van der Waals surface area contributed by atoms with Gasteiger partial charge in [-0.15, -0.1) is 11.6 Å². The van der Waals surface area contributed by atoms with E-state index in [1.165, 1.54) is 5.69 Å². The maximum atomic E-state index is 5.78. The van der Waals surface area contributed by atoms with Gasteiger partial charge in [0.05, 0.1) is 18.6 Å². The highest BCUT2D eigenvalue weighted by Crippen LogP contribution is 2.17. The van der Waals surface area contributed by atoms with Gasteiger partial charge in [0, 0.05) is 18.8 Å². The van der Waals surface area contributed by atoms with Gasteiger partial charge >= 0.3 is 0 Å². The molecule has 1 aromatic rings. The first-order valence-corrected chi connectivity index (χ1v) is 5.41. The first kappa shape index (κ1) is 9.81. The minimum absolute atomic E-state index is 0.172. The van der Waals surface area contributed by atoms with Crippen LogP contribution in [0.1, 0.15) is 0 Å². The summed E-state index contributed by atoms with van der Waals surface area (Å²) in [7, 11) is 0. The molecular formula is C11H14ClNO. The van der Waals surface area contributed by atoms with Gasteiger partial charge in [0.2, 0.25) is 0 Å². The Labute approximate surface area is 89.4 Å². The summed E-state index contributed by atoms with van der Waals surface area (Å²) in [6.45, 7) is 2.62. The summed E-state index contributed by atoms with van der Waals surface area (Å²) in [5.74, 6) is 0.573. The van der Waals surface area contributed by atoms with Crippen LogP contribution in [0.15, 0.2) is 30.3 Å². The number of rotatable bonds is 2. The maximum Gasteiger partial charge on any atom is 0.0885 e. The zero-order valence-electron chi connectivity index (χ0n) is 8.03. The number of para-hydroxylation sites is 1. The molecule has 0 N–H and O–H groups in total. The molecule has 0 bridgehead atoms. The van der Waals surface area contributed by atoms with Crippen LogP contribution in [0.5, 0.6) is 0 Å². The van der Waals surface area contributed by atoms with E-state index < -0.39 is 0 Å². The van der Waals surface area contributed by atoms with E-state index in [1.54, 1.807) is 0 Å². The second kappa shape index (κ2) is 4.67. The third-order valence-corrected chi connectivity index (χ3v) is 2.78. The Kier molecular flexibility index (Phi) is 3.27. The molecule has 0 saturated carbocycles. The minimum Gasteiger partial charge on any atom is -0.373 e. The molecule has 1 unspecified atom stereocenters. The zero-order valence-corrected chi connectivity index (χ0v) is 8.78. The van der Waals surface area contributed by atoms with Crippen molar-refractivity contribution in [2.45, 2.75) is 6.10 Å². The van der Waals surface area contributed by atoms with Crippen molar-refractivity contribution in [3.05, 3.63) is 30.3 Å². The molecular weight excluding hydrogens is 198 g/mol. The Morgan fingerprint density at radius 3 is 2.86 bits per heavy atom. The number of halogens is 1. The van der Waals surface area contributed by atoms with Crippen LogP contribution in [0.3, 0.4) is 0 Å². The average Bonchev–Trinajstić information content (AvgIpc) is 2.30. The average molecular weight is 212 g/mol. The summed E-state index contributed by atoms with van der Waals surface area (Å²) in [5.41, 5.74) is 1.26. The van der Waals surface area contributed by atoms with E-state index in [9.17, 15) is 0 Å². The number of ether oxygens (including phenoxy) is 1. The minimum atomic E-state index is 0.172. The van der Waals surface area contributed by atoms with Gasteiger partial charge in [0.15, 0.2) is 0 Å². The fourth-order valence-corrected chi connectivity index (χ4v) is 1.87. The second-order valence-electron chi connectivity index (χ2n) is 3.43. The molecule has 0 spiro atoms. The topological polar surface area (TPSA) is 12.5 Å².